The van der Waals surface area contributed by atoms with Gasteiger partial charge in [0, 0.05) is 24.6 Å². The maximum Gasteiger partial charge on any atom is 0.126 e. The van der Waals surface area contributed by atoms with Crippen LogP contribution < -0.4 is 5.32 Å². The highest BCUT2D eigenvalue weighted by atomic mass is 19.1. The second-order valence-electron chi connectivity index (χ2n) is 3.54. The second-order valence-corrected chi connectivity index (χ2v) is 3.54. The van der Waals surface area contributed by atoms with Crippen molar-refractivity contribution in [1.29, 1.82) is 0 Å². The van der Waals surface area contributed by atoms with Crippen molar-refractivity contribution in [3.63, 3.8) is 0 Å². The molecule has 15 heavy (non-hydrogen) atoms. The Labute approximate surface area is 88.1 Å². The van der Waals surface area contributed by atoms with Gasteiger partial charge in [0.15, 0.2) is 0 Å². The summed E-state index contributed by atoms with van der Waals surface area (Å²) in [4.78, 5) is 2.99. The molecule has 0 unspecified atom stereocenters. The molecular weight excluding hydrogens is 191 g/mol. The van der Waals surface area contributed by atoms with Crippen molar-refractivity contribution in [2.75, 3.05) is 5.32 Å². The third-order valence-electron chi connectivity index (χ3n) is 2.32. The highest BCUT2D eigenvalue weighted by molar-refractivity contribution is 5.46. The Balaban J connectivity index is 2.02. The molecule has 2 nitrogen and oxygen atoms in total. The van der Waals surface area contributed by atoms with Gasteiger partial charge in [0.05, 0.1) is 0 Å². The van der Waals surface area contributed by atoms with E-state index in [-0.39, 0.29) is 5.82 Å². The van der Waals surface area contributed by atoms with Gasteiger partial charge in [0.25, 0.3) is 0 Å². The summed E-state index contributed by atoms with van der Waals surface area (Å²) in [5, 5.41) is 3.23. The van der Waals surface area contributed by atoms with Crippen LogP contribution in [0.15, 0.2) is 36.7 Å². The molecule has 0 spiro atoms. The summed E-state index contributed by atoms with van der Waals surface area (Å²) in [6.45, 7) is 2.51. The standard InChI is InChI=1S/C12H13FN2/c1-9-6-11(2-3-12(9)13)15-8-10-4-5-14-7-10/h2-7,14-15H,8H2,1H3. The number of nitrogens with one attached hydrogen (secondary N) is 2. The van der Waals surface area contributed by atoms with Crippen LogP contribution in [0.25, 0.3) is 0 Å². The quantitative estimate of drug-likeness (QED) is 0.790. The van der Waals surface area contributed by atoms with E-state index in [4.69, 9.17) is 0 Å². The summed E-state index contributed by atoms with van der Waals surface area (Å²) >= 11 is 0. The third-order valence-corrected chi connectivity index (χ3v) is 2.32. The lowest BCUT2D eigenvalue weighted by Gasteiger charge is -2.06. The van der Waals surface area contributed by atoms with Crippen molar-refractivity contribution >= 4 is 5.69 Å². The van der Waals surface area contributed by atoms with Crippen LogP contribution in [0.5, 0.6) is 0 Å². The Bertz CT molecular complexity index is 435. The monoisotopic (exact) mass is 204 g/mol. The molecule has 0 atom stereocenters. The molecule has 0 fully saturated rings. The highest BCUT2D eigenvalue weighted by Crippen LogP contribution is 2.14. The molecule has 2 aromatic rings. The molecule has 0 saturated heterocycles. The predicted molar refractivity (Wildman–Crippen MR) is 59.3 cm³/mol. The number of hydrogen-bond donors (Lipinski definition) is 2. The Hall–Kier alpha value is -1.77. The highest BCUT2D eigenvalue weighted by Gasteiger charge is 1.98. The minimum atomic E-state index is -0.165. The molecule has 0 aliphatic carbocycles. The average Bonchev–Trinajstić information content (AvgIpc) is 2.73. The van der Waals surface area contributed by atoms with E-state index in [9.17, 15) is 4.39 Å². The Kier molecular flexibility index (Phi) is 2.72. The molecule has 1 aromatic heterocycles. The van der Waals surface area contributed by atoms with Crippen LogP contribution >= 0.6 is 0 Å². The van der Waals surface area contributed by atoms with Gasteiger partial charge in [-0.2, -0.15) is 0 Å². The molecule has 2 rings (SSSR count). The van der Waals surface area contributed by atoms with Crippen molar-refractivity contribution < 1.29 is 4.39 Å². The van der Waals surface area contributed by atoms with Crippen LogP contribution in [0.1, 0.15) is 11.1 Å². The van der Waals surface area contributed by atoms with Gasteiger partial charge < -0.3 is 10.3 Å². The summed E-state index contributed by atoms with van der Waals surface area (Å²) in [5.41, 5.74) is 2.78. The molecule has 0 saturated carbocycles. The summed E-state index contributed by atoms with van der Waals surface area (Å²) in [6.07, 6.45) is 3.82. The number of H-pyrrole nitrogens is 1. The van der Waals surface area contributed by atoms with E-state index in [2.05, 4.69) is 10.3 Å². The van der Waals surface area contributed by atoms with Gasteiger partial charge in [0.2, 0.25) is 0 Å². The maximum absolute atomic E-state index is 13.0. The topological polar surface area (TPSA) is 27.8 Å². The summed E-state index contributed by atoms with van der Waals surface area (Å²) in [5.74, 6) is -0.165. The minimum absolute atomic E-state index is 0.165. The van der Waals surface area contributed by atoms with Crippen LogP contribution in [0.3, 0.4) is 0 Å². The lowest BCUT2D eigenvalue weighted by atomic mass is 10.2. The van der Waals surface area contributed by atoms with Crippen LogP contribution in [-0.4, -0.2) is 4.98 Å². The van der Waals surface area contributed by atoms with Crippen molar-refractivity contribution in [3.8, 4) is 0 Å². The number of aromatic amines is 1. The van der Waals surface area contributed by atoms with E-state index in [1.54, 1.807) is 13.0 Å². The van der Waals surface area contributed by atoms with E-state index < -0.39 is 0 Å². The zero-order chi connectivity index (χ0) is 10.7. The van der Waals surface area contributed by atoms with Crippen molar-refractivity contribution in [2.24, 2.45) is 0 Å². The Morgan fingerprint density at radius 2 is 2.20 bits per heavy atom. The molecule has 3 heteroatoms. The maximum atomic E-state index is 13.0. The first-order chi connectivity index (χ1) is 7.25. The van der Waals surface area contributed by atoms with E-state index in [1.807, 2.05) is 24.5 Å². The molecule has 2 N–H and O–H groups in total. The molecular formula is C12H13FN2. The summed E-state index contributed by atoms with van der Waals surface area (Å²) in [7, 11) is 0. The number of aromatic nitrogens is 1. The number of halogens is 1. The van der Waals surface area contributed by atoms with E-state index in [1.165, 1.54) is 11.6 Å². The van der Waals surface area contributed by atoms with Crippen LogP contribution in [-0.2, 0) is 6.54 Å². The van der Waals surface area contributed by atoms with Crippen LogP contribution in [0.2, 0.25) is 0 Å². The Morgan fingerprint density at radius 1 is 1.33 bits per heavy atom. The molecule has 1 aromatic carbocycles. The van der Waals surface area contributed by atoms with Gasteiger partial charge in [-0.1, -0.05) is 0 Å². The number of aryl methyl sites for hydroxylation is 1. The third kappa shape index (κ3) is 2.37. The number of hydrogen-bond acceptors (Lipinski definition) is 1. The zero-order valence-electron chi connectivity index (χ0n) is 8.55. The average molecular weight is 204 g/mol. The lowest BCUT2D eigenvalue weighted by Crippen LogP contribution is -1.98. The van der Waals surface area contributed by atoms with Crippen molar-refractivity contribution in [3.05, 3.63) is 53.6 Å². The van der Waals surface area contributed by atoms with Gasteiger partial charge in [-0.3, -0.25) is 0 Å². The van der Waals surface area contributed by atoms with Crippen molar-refractivity contribution in [1.82, 2.24) is 4.98 Å². The molecule has 0 radical (unpaired) electrons. The predicted octanol–water partition coefficient (Wildman–Crippen LogP) is 3.07. The number of benzene rings is 1. The summed E-state index contributed by atoms with van der Waals surface area (Å²) < 4.78 is 13.0. The number of rotatable bonds is 3. The summed E-state index contributed by atoms with van der Waals surface area (Å²) in [6, 6.07) is 7.04. The zero-order valence-corrected chi connectivity index (χ0v) is 8.55. The normalized spacial score (nSPS) is 10.3. The smallest absolute Gasteiger partial charge is 0.126 e. The Morgan fingerprint density at radius 3 is 2.87 bits per heavy atom. The molecule has 0 aliphatic heterocycles. The van der Waals surface area contributed by atoms with Gasteiger partial charge >= 0.3 is 0 Å². The SMILES string of the molecule is Cc1cc(NCc2cc[nH]c2)ccc1F. The van der Waals surface area contributed by atoms with E-state index in [0.717, 1.165) is 12.2 Å². The van der Waals surface area contributed by atoms with Crippen LogP contribution in [0.4, 0.5) is 10.1 Å². The fraction of sp³-hybridized carbons (Fsp3) is 0.167. The molecule has 0 amide bonds. The number of anilines is 1. The first-order valence-electron chi connectivity index (χ1n) is 4.87. The molecule has 1 heterocycles. The van der Waals surface area contributed by atoms with E-state index in [0.29, 0.717) is 5.56 Å². The van der Waals surface area contributed by atoms with Gasteiger partial charge in [-0.15, -0.1) is 0 Å². The minimum Gasteiger partial charge on any atom is -0.381 e. The molecule has 0 bridgehead atoms. The van der Waals surface area contributed by atoms with Gasteiger partial charge in [-0.05, 0) is 42.3 Å². The lowest BCUT2D eigenvalue weighted by molar-refractivity contribution is 0.618. The van der Waals surface area contributed by atoms with Crippen molar-refractivity contribution in [2.45, 2.75) is 13.5 Å². The first-order valence-corrected chi connectivity index (χ1v) is 4.87. The molecule has 0 aliphatic rings. The second kappa shape index (κ2) is 4.17. The fourth-order valence-corrected chi connectivity index (χ4v) is 1.43. The van der Waals surface area contributed by atoms with Gasteiger partial charge in [-0.25, -0.2) is 4.39 Å². The molecule has 78 valence electrons. The van der Waals surface area contributed by atoms with Crippen LogP contribution in [0, 0.1) is 12.7 Å². The first kappa shape index (κ1) is 9.77. The largest absolute Gasteiger partial charge is 0.381 e. The fourth-order valence-electron chi connectivity index (χ4n) is 1.43. The van der Waals surface area contributed by atoms with E-state index >= 15 is 0 Å². The van der Waals surface area contributed by atoms with Gasteiger partial charge in [0.1, 0.15) is 5.82 Å².